The fourth-order valence-electron chi connectivity index (χ4n) is 2.92. The van der Waals surface area contributed by atoms with Crippen LogP contribution >= 0.6 is 0 Å². The van der Waals surface area contributed by atoms with Crippen molar-refractivity contribution in [1.29, 1.82) is 0 Å². The first-order valence-corrected chi connectivity index (χ1v) is 8.43. The molecule has 1 unspecified atom stereocenters. The van der Waals surface area contributed by atoms with Crippen LogP contribution in [-0.4, -0.2) is 36.8 Å². The van der Waals surface area contributed by atoms with E-state index < -0.39 is 30.2 Å². The number of aromatic nitrogens is 1. The first-order chi connectivity index (χ1) is 13.3. The van der Waals surface area contributed by atoms with E-state index in [1.165, 1.54) is 30.3 Å². The number of hydrogen-bond donors (Lipinski definition) is 3. The zero-order valence-electron chi connectivity index (χ0n) is 14.9. The Kier molecular flexibility index (Phi) is 5.82. The van der Waals surface area contributed by atoms with E-state index in [0.717, 1.165) is 6.20 Å². The fraction of sp³-hybridized carbons (Fsp3) is 0.333. The van der Waals surface area contributed by atoms with Crippen molar-refractivity contribution in [2.75, 3.05) is 18.4 Å². The normalized spacial score (nSPS) is 22.1. The molecule has 4 N–H and O–H groups in total. The molecule has 1 fully saturated rings. The first-order valence-electron chi connectivity index (χ1n) is 8.43. The van der Waals surface area contributed by atoms with Gasteiger partial charge in [0.15, 0.2) is 0 Å². The summed E-state index contributed by atoms with van der Waals surface area (Å²) in [6.45, 7) is -0.482. The van der Waals surface area contributed by atoms with Gasteiger partial charge in [0.1, 0.15) is 29.1 Å². The second-order valence-electron chi connectivity index (χ2n) is 6.42. The Balaban J connectivity index is 1.76. The molecule has 10 heteroatoms. The summed E-state index contributed by atoms with van der Waals surface area (Å²) in [5.74, 6) is -1.25. The maximum absolute atomic E-state index is 14.4. The third-order valence-electron chi connectivity index (χ3n) is 4.21. The summed E-state index contributed by atoms with van der Waals surface area (Å²) in [5, 5.41) is 5.67. The Bertz CT molecular complexity index is 850. The Labute approximate surface area is 159 Å². The zero-order valence-corrected chi connectivity index (χ0v) is 14.9. The summed E-state index contributed by atoms with van der Waals surface area (Å²) in [7, 11) is 0. The van der Waals surface area contributed by atoms with Gasteiger partial charge in [-0.2, -0.15) is 8.78 Å². The predicted octanol–water partition coefficient (Wildman–Crippen LogP) is 2.19. The van der Waals surface area contributed by atoms with E-state index in [1.54, 1.807) is 6.92 Å². The predicted molar refractivity (Wildman–Crippen MR) is 94.5 cm³/mol. The molecule has 1 aliphatic rings. The number of carbonyl (C=O) groups is 1. The van der Waals surface area contributed by atoms with E-state index in [4.69, 9.17) is 10.5 Å². The number of alkyl halides is 2. The standard InChI is InChI=1S/C18H19F3N4O3/c1-18(9-23-8-15(22)28-18)12-6-10(2-4-13(12)19)25-16(26)14-5-3-11(7-24-14)27-17(20)21/h2-7,15,17,23H,8-9,22H2,1H3,(H,25,26)/t15-,18?/m1/s1. The monoisotopic (exact) mass is 396 g/mol. The van der Waals surface area contributed by atoms with Gasteiger partial charge in [0, 0.05) is 24.3 Å². The Morgan fingerprint density at radius 2 is 2.21 bits per heavy atom. The molecular formula is C18H19F3N4O3. The molecule has 1 aliphatic heterocycles. The van der Waals surface area contributed by atoms with E-state index in [-0.39, 0.29) is 17.0 Å². The minimum atomic E-state index is -2.98. The highest BCUT2D eigenvalue weighted by Gasteiger charge is 2.35. The molecule has 0 aliphatic carbocycles. The van der Waals surface area contributed by atoms with Crippen LogP contribution in [0.1, 0.15) is 23.0 Å². The molecule has 1 aromatic heterocycles. The molecule has 0 spiro atoms. The number of hydrogen-bond acceptors (Lipinski definition) is 6. The highest BCUT2D eigenvalue weighted by Crippen LogP contribution is 2.31. The molecule has 0 radical (unpaired) electrons. The Hall–Kier alpha value is -2.69. The van der Waals surface area contributed by atoms with Gasteiger partial charge >= 0.3 is 6.61 Å². The summed E-state index contributed by atoms with van der Waals surface area (Å²) in [4.78, 5) is 16.1. The fourth-order valence-corrected chi connectivity index (χ4v) is 2.92. The molecule has 2 atom stereocenters. The van der Waals surface area contributed by atoms with Crippen LogP contribution in [0.2, 0.25) is 0 Å². The van der Waals surface area contributed by atoms with Gasteiger partial charge in [0.05, 0.1) is 6.20 Å². The van der Waals surface area contributed by atoms with Crippen LogP contribution in [0.4, 0.5) is 18.9 Å². The molecule has 28 heavy (non-hydrogen) atoms. The van der Waals surface area contributed by atoms with Crippen LogP contribution in [0, 0.1) is 5.82 Å². The lowest BCUT2D eigenvalue weighted by Crippen LogP contribution is -2.53. The topological polar surface area (TPSA) is 98.5 Å². The number of ether oxygens (including phenoxy) is 2. The second-order valence-corrected chi connectivity index (χ2v) is 6.42. The minimum absolute atomic E-state index is 0.0173. The lowest BCUT2D eigenvalue weighted by molar-refractivity contribution is -0.109. The number of carbonyl (C=O) groups excluding carboxylic acids is 1. The van der Waals surface area contributed by atoms with Gasteiger partial charge in [-0.3, -0.25) is 4.79 Å². The van der Waals surface area contributed by atoms with Crippen LogP contribution in [0.15, 0.2) is 36.5 Å². The lowest BCUT2D eigenvalue weighted by atomic mass is 9.93. The van der Waals surface area contributed by atoms with Crippen molar-refractivity contribution in [3.05, 3.63) is 53.6 Å². The molecule has 3 rings (SSSR count). The van der Waals surface area contributed by atoms with Crippen molar-refractivity contribution < 1.29 is 27.4 Å². The number of pyridine rings is 1. The molecule has 1 amide bonds. The highest BCUT2D eigenvalue weighted by molar-refractivity contribution is 6.02. The quantitative estimate of drug-likeness (QED) is 0.717. The SMILES string of the molecule is CC1(c2cc(NC(=O)c3ccc(OC(F)F)cn3)ccc2F)CNC[C@H](N)O1. The number of nitrogens with one attached hydrogen (secondary N) is 2. The van der Waals surface area contributed by atoms with E-state index >= 15 is 0 Å². The first kappa shape index (κ1) is 20.1. The van der Waals surface area contributed by atoms with Crippen LogP contribution in [0.3, 0.4) is 0 Å². The Morgan fingerprint density at radius 3 is 2.86 bits per heavy atom. The second kappa shape index (κ2) is 8.13. The van der Waals surface area contributed by atoms with Crippen molar-refractivity contribution in [3.8, 4) is 5.75 Å². The van der Waals surface area contributed by atoms with E-state index in [2.05, 4.69) is 20.4 Å². The molecule has 1 aromatic carbocycles. The molecule has 0 bridgehead atoms. The van der Waals surface area contributed by atoms with Gasteiger partial charge in [0.2, 0.25) is 0 Å². The van der Waals surface area contributed by atoms with Gasteiger partial charge in [-0.05, 0) is 37.3 Å². The lowest BCUT2D eigenvalue weighted by Gasteiger charge is -2.38. The van der Waals surface area contributed by atoms with Crippen LogP contribution in [0.25, 0.3) is 0 Å². The van der Waals surface area contributed by atoms with Crippen molar-refractivity contribution in [1.82, 2.24) is 10.3 Å². The van der Waals surface area contributed by atoms with Gasteiger partial charge in [-0.25, -0.2) is 9.37 Å². The van der Waals surface area contributed by atoms with Gasteiger partial charge in [-0.1, -0.05) is 0 Å². The number of morpholine rings is 1. The molecule has 2 heterocycles. The zero-order chi connectivity index (χ0) is 20.3. The average Bonchev–Trinajstić information content (AvgIpc) is 2.63. The Morgan fingerprint density at radius 1 is 1.43 bits per heavy atom. The van der Waals surface area contributed by atoms with Gasteiger partial charge in [0.25, 0.3) is 5.91 Å². The summed E-state index contributed by atoms with van der Waals surface area (Å²) in [5.41, 5.74) is 5.33. The number of rotatable bonds is 5. The number of amides is 1. The van der Waals surface area contributed by atoms with Crippen LogP contribution < -0.4 is 21.1 Å². The van der Waals surface area contributed by atoms with Gasteiger partial charge < -0.3 is 25.8 Å². The molecule has 7 nitrogen and oxygen atoms in total. The number of nitrogens with zero attached hydrogens (tertiary/aromatic N) is 1. The largest absolute Gasteiger partial charge is 0.433 e. The van der Waals surface area contributed by atoms with Crippen molar-refractivity contribution in [3.63, 3.8) is 0 Å². The summed E-state index contributed by atoms with van der Waals surface area (Å²) in [6, 6.07) is 6.51. The van der Waals surface area contributed by atoms with Crippen molar-refractivity contribution in [2.24, 2.45) is 5.73 Å². The summed E-state index contributed by atoms with van der Waals surface area (Å²) in [6.07, 6.45) is 0.427. The molecule has 1 saturated heterocycles. The molecule has 0 saturated carbocycles. The van der Waals surface area contributed by atoms with Crippen molar-refractivity contribution in [2.45, 2.75) is 25.4 Å². The maximum atomic E-state index is 14.4. The van der Waals surface area contributed by atoms with Gasteiger partial charge in [-0.15, -0.1) is 0 Å². The molecule has 150 valence electrons. The smallest absolute Gasteiger partial charge is 0.387 e. The van der Waals surface area contributed by atoms with Crippen LogP contribution in [-0.2, 0) is 10.3 Å². The molecular weight excluding hydrogens is 377 g/mol. The third kappa shape index (κ3) is 4.58. The summed E-state index contributed by atoms with van der Waals surface area (Å²) < 4.78 is 48.6. The van der Waals surface area contributed by atoms with E-state index in [9.17, 15) is 18.0 Å². The van der Waals surface area contributed by atoms with E-state index in [1.807, 2.05) is 0 Å². The van der Waals surface area contributed by atoms with E-state index in [0.29, 0.717) is 18.8 Å². The maximum Gasteiger partial charge on any atom is 0.387 e. The number of nitrogens with two attached hydrogens (primary N) is 1. The summed E-state index contributed by atoms with van der Waals surface area (Å²) >= 11 is 0. The number of anilines is 1. The minimum Gasteiger partial charge on any atom is -0.433 e. The number of benzene rings is 1. The third-order valence-corrected chi connectivity index (χ3v) is 4.21. The van der Waals surface area contributed by atoms with Crippen molar-refractivity contribution >= 4 is 11.6 Å². The number of halogens is 3. The van der Waals surface area contributed by atoms with Crippen LogP contribution in [0.5, 0.6) is 5.75 Å². The average molecular weight is 396 g/mol. The molecule has 2 aromatic rings. The highest BCUT2D eigenvalue weighted by atomic mass is 19.3.